The molecule has 1 fully saturated rings. The second-order valence-electron chi connectivity index (χ2n) is 9.54. The summed E-state index contributed by atoms with van der Waals surface area (Å²) in [5.74, 6) is -0.692. The molecule has 4 N–H and O–H groups in total. The topological polar surface area (TPSA) is 120 Å². The Labute approximate surface area is 211 Å². The standard InChI is InChI=1S/C28H35N3O5/c32-18-23-22-6-1-2-7-24(22)30-26(23)27(33)31-25(28(34)35)17-20-8-10-21(11-9-20)36-16-4-3-5-19-12-14-29-15-13-19/h1-2,6-11,19,23,25,29,32H,3-5,12-18H2,(H,31,33)(H,34,35)/t23?,25-/m0/s1. The van der Waals surface area contributed by atoms with E-state index >= 15 is 0 Å². The molecule has 8 nitrogen and oxygen atoms in total. The van der Waals surface area contributed by atoms with E-state index in [0.29, 0.717) is 12.3 Å². The molecule has 1 saturated heterocycles. The summed E-state index contributed by atoms with van der Waals surface area (Å²) in [4.78, 5) is 29.1. The third kappa shape index (κ3) is 6.71. The molecule has 2 aliphatic heterocycles. The fraction of sp³-hybridized carbons (Fsp3) is 0.464. The highest BCUT2D eigenvalue weighted by Crippen LogP contribution is 2.35. The number of carboxylic acid groups (broad SMARTS) is 1. The number of ether oxygens (including phenoxy) is 1. The summed E-state index contributed by atoms with van der Waals surface area (Å²) in [7, 11) is 0. The van der Waals surface area contributed by atoms with Crippen molar-refractivity contribution in [3.05, 3.63) is 59.7 Å². The lowest BCUT2D eigenvalue weighted by atomic mass is 9.93. The molecule has 0 aliphatic carbocycles. The van der Waals surface area contributed by atoms with Gasteiger partial charge in [0.2, 0.25) is 0 Å². The number of carbonyl (C=O) groups is 2. The van der Waals surface area contributed by atoms with Crippen molar-refractivity contribution in [2.75, 3.05) is 26.3 Å². The molecule has 36 heavy (non-hydrogen) atoms. The lowest BCUT2D eigenvalue weighted by Crippen LogP contribution is -2.46. The smallest absolute Gasteiger partial charge is 0.326 e. The van der Waals surface area contributed by atoms with Gasteiger partial charge in [0.15, 0.2) is 0 Å². The second kappa shape index (κ2) is 12.6. The molecular formula is C28H35N3O5. The van der Waals surface area contributed by atoms with Crippen LogP contribution in [0, 0.1) is 5.92 Å². The highest BCUT2D eigenvalue weighted by Gasteiger charge is 2.33. The van der Waals surface area contributed by atoms with Crippen LogP contribution in [0.4, 0.5) is 5.69 Å². The third-order valence-electron chi connectivity index (χ3n) is 7.00. The van der Waals surface area contributed by atoms with Crippen molar-refractivity contribution in [2.24, 2.45) is 10.9 Å². The molecule has 8 heteroatoms. The average molecular weight is 494 g/mol. The zero-order valence-corrected chi connectivity index (χ0v) is 20.5. The minimum Gasteiger partial charge on any atom is -0.494 e. The van der Waals surface area contributed by atoms with Crippen LogP contribution in [0.25, 0.3) is 0 Å². The summed E-state index contributed by atoms with van der Waals surface area (Å²) in [5.41, 5.74) is 2.29. The van der Waals surface area contributed by atoms with Crippen LogP contribution < -0.4 is 15.4 Å². The Kier molecular flexibility index (Phi) is 9.08. The van der Waals surface area contributed by atoms with Crippen LogP contribution in [0.2, 0.25) is 0 Å². The molecule has 1 amide bonds. The number of hydrogen-bond acceptors (Lipinski definition) is 6. The minimum absolute atomic E-state index is 0.127. The molecule has 192 valence electrons. The van der Waals surface area contributed by atoms with Gasteiger partial charge in [-0.1, -0.05) is 36.8 Å². The SMILES string of the molecule is O=C(N[C@@H](Cc1ccc(OCCCCC2CCNCC2)cc1)C(=O)O)C1=Nc2ccccc2C1CO. The maximum absolute atomic E-state index is 12.9. The molecule has 2 aromatic carbocycles. The summed E-state index contributed by atoms with van der Waals surface area (Å²) in [6.07, 6.45) is 6.09. The van der Waals surface area contributed by atoms with E-state index in [9.17, 15) is 19.8 Å². The van der Waals surface area contributed by atoms with E-state index in [1.54, 1.807) is 12.1 Å². The van der Waals surface area contributed by atoms with Gasteiger partial charge in [-0.15, -0.1) is 0 Å². The Bertz CT molecular complexity index is 1060. The van der Waals surface area contributed by atoms with Crippen LogP contribution in [0.15, 0.2) is 53.5 Å². The van der Waals surface area contributed by atoms with Gasteiger partial charge in [0.25, 0.3) is 5.91 Å². The number of carbonyl (C=O) groups excluding carboxylic acids is 1. The van der Waals surface area contributed by atoms with Gasteiger partial charge in [-0.2, -0.15) is 0 Å². The molecule has 2 heterocycles. The highest BCUT2D eigenvalue weighted by molar-refractivity contribution is 6.43. The van der Waals surface area contributed by atoms with Crippen molar-refractivity contribution in [1.82, 2.24) is 10.6 Å². The summed E-state index contributed by atoms with van der Waals surface area (Å²) >= 11 is 0. The average Bonchev–Trinajstić information content (AvgIpc) is 3.28. The number of rotatable bonds is 12. The van der Waals surface area contributed by atoms with Crippen LogP contribution in [-0.2, 0) is 16.0 Å². The van der Waals surface area contributed by atoms with E-state index in [-0.39, 0.29) is 18.7 Å². The number of nitrogens with zero attached hydrogens (tertiary/aromatic N) is 1. The number of hydrogen-bond donors (Lipinski definition) is 4. The molecule has 0 radical (unpaired) electrons. The quantitative estimate of drug-likeness (QED) is 0.337. The summed E-state index contributed by atoms with van der Waals surface area (Å²) in [6, 6.07) is 13.4. The highest BCUT2D eigenvalue weighted by atomic mass is 16.5. The first-order chi connectivity index (χ1) is 17.5. The van der Waals surface area contributed by atoms with Crippen LogP contribution >= 0.6 is 0 Å². The van der Waals surface area contributed by atoms with Gasteiger partial charge in [-0.3, -0.25) is 4.79 Å². The lowest BCUT2D eigenvalue weighted by molar-refractivity contribution is -0.141. The second-order valence-corrected chi connectivity index (χ2v) is 9.54. The van der Waals surface area contributed by atoms with Crippen molar-refractivity contribution in [3.8, 4) is 5.75 Å². The van der Waals surface area contributed by atoms with E-state index in [0.717, 1.165) is 48.7 Å². The van der Waals surface area contributed by atoms with Crippen LogP contribution in [-0.4, -0.2) is 60.1 Å². The van der Waals surface area contributed by atoms with Gasteiger partial charge < -0.3 is 25.6 Å². The van der Waals surface area contributed by atoms with E-state index in [4.69, 9.17) is 4.74 Å². The number of fused-ring (bicyclic) bond motifs is 1. The van der Waals surface area contributed by atoms with Crippen molar-refractivity contribution < 1.29 is 24.5 Å². The summed E-state index contributed by atoms with van der Waals surface area (Å²) < 4.78 is 5.85. The molecule has 0 spiro atoms. The Hall–Kier alpha value is -3.23. The first-order valence-electron chi connectivity index (χ1n) is 12.8. The van der Waals surface area contributed by atoms with E-state index < -0.39 is 23.8 Å². The number of piperidine rings is 1. The van der Waals surface area contributed by atoms with E-state index in [2.05, 4.69) is 15.6 Å². The number of aliphatic hydroxyl groups excluding tert-OH is 1. The molecule has 4 rings (SSSR count). The molecule has 2 aliphatic rings. The van der Waals surface area contributed by atoms with Gasteiger partial charge in [-0.25, -0.2) is 9.79 Å². The molecule has 0 aromatic heterocycles. The molecular weight excluding hydrogens is 458 g/mol. The van der Waals surface area contributed by atoms with Crippen LogP contribution in [0.5, 0.6) is 5.75 Å². The summed E-state index contributed by atoms with van der Waals surface area (Å²) in [6.45, 7) is 2.65. The number of para-hydroxylation sites is 1. The van der Waals surface area contributed by atoms with Crippen molar-refractivity contribution in [1.29, 1.82) is 0 Å². The molecule has 2 aromatic rings. The fourth-order valence-electron chi connectivity index (χ4n) is 4.92. The largest absolute Gasteiger partial charge is 0.494 e. The number of benzene rings is 2. The first-order valence-corrected chi connectivity index (χ1v) is 12.8. The molecule has 0 saturated carbocycles. The van der Waals surface area contributed by atoms with Gasteiger partial charge in [0, 0.05) is 6.42 Å². The minimum atomic E-state index is -1.13. The Morgan fingerprint density at radius 3 is 2.56 bits per heavy atom. The predicted octanol–water partition coefficient (Wildman–Crippen LogP) is 3.21. The maximum atomic E-state index is 12.9. The van der Waals surface area contributed by atoms with E-state index in [1.165, 1.54) is 19.3 Å². The Morgan fingerprint density at radius 2 is 1.83 bits per heavy atom. The number of amides is 1. The number of unbranched alkanes of at least 4 members (excludes halogenated alkanes) is 1. The molecule has 0 bridgehead atoms. The van der Waals surface area contributed by atoms with Gasteiger partial charge in [0.1, 0.15) is 17.5 Å². The summed E-state index contributed by atoms with van der Waals surface area (Å²) in [5, 5.41) is 25.5. The van der Waals surface area contributed by atoms with Crippen LogP contribution in [0.1, 0.15) is 49.1 Å². The first kappa shape index (κ1) is 25.9. The van der Waals surface area contributed by atoms with Crippen molar-refractivity contribution >= 4 is 23.3 Å². The number of aliphatic hydroxyl groups is 1. The van der Waals surface area contributed by atoms with Gasteiger partial charge in [0.05, 0.1) is 24.8 Å². The lowest BCUT2D eigenvalue weighted by Gasteiger charge is -2.22. The van der Waals surface area contributed by atoms with E-state index in [1.807, 2.05) is 36.4 Å². The van der Waals surface area contributed by atoms with Gasteiger partial charge in [-0.05, 0) is 74.0 Å². The molecule has 2 atom stereocenters. The fourth-order valence-corrected chi connectivity index (χ4v) is 4.92. The van der Waals surface area contributed by atoms with Crippen LogP contribution in [0.3, 0.4) is 0 Å². The third-order valence-corrected chi connectivity index (χ3v) is 7.00. The van der Waals surface area contributed by atoms with Crippen molar-refractivity contribution in [3.63, 3.8) is 0 Å². The zero-order valence-electron chi connectivity index (χ0n) is 20.5. The number of aliphatic imine (C=N–C) groups is 1. The van der Waals surface area contributed by atoms with Crippen molar-refractivity contribution in [2.45, 2.75) is 50.5 Å². The predicted molar refractivity (Wildman–Crippen MR) is 138 cm³/mol. The normalized spacial score (nSPS) is 18.2. The van der Waals surface area contributed by atoms with Gasteiger partial charge >= 0.3 is 5.97 Å². The number of nitrogens with one attached hydrogen (secondary N) is 2. The molecule has 1 unspecified atom stereocenters. The number of aliphatic carboxylic acids is 1. The number of carboxylic acids is 1. The zero-order chi connectivity index (χ0) is 25.3. The Morgan fingerprint density at radius 1 is 1.08 bits per heavy atom. The monoisotopic (exact) mass is 493 g/mol. The Balaban J connectivity index is 1.25. The maximum Gasteiger partial charge on any atom is 0.326 e.